The lowest BCUT2D eigenvalue weighted by Gasteiger charge is -2.35. The summed E-state index contributed by atoms with van der Waals surface area (Å²) in [5, 5.41) is 11.2. The van der Waals surface area contributed by atoms with Crippen molar-refractivity contribution in [1.82, 2.24) is 24.9 Å². The molecule has 3 fully saturated rings. The molecule has 2 aromatic heterocycles. The fourth-order valence-corrected chi connectivity index (χ4v) is 4.56. The first-order valence-corrected chi connectivity index (χ1v) is 9.82. The number of hydrogen-bond donors (Lipinski definition) is 1. The molecule has 0 radical (unpaired) electrons. The zero-order valence-corrected chi connectivity index (χ0v) is 15.8. The number of H-pyrrole nitrogens is 1. The standard InChI is InChI=1S/C18H23N5O2S/c1-21(2)18(25)22-8-12-3-4-14(10-22)23(9-12)17(24)16-7-15(19-20-16)13-5-6-26-11-13/h5-7,11-12,14H,3-4,8-10H2,1-2H3,(H,19,20)/t12-,14+/m1/s1. The van der Waals surface area contributed by atoms with E-state index in [-0.39, 0.29) is 18.0 Å². The van der Waals surface area contributed by atoms with Crippen molar-refractivity contribution in [3.05, 3.63) is 28.6 Å². The highest BCUT2D eigenvalue weighted by Crippen LogP contribution is 2.30. The van der Waals surface area contributed by atoms with Crippen LogP contribution in [0.2, 0.25) is 0 Å². The van der Waals surface area contributed by atoms with Gasteiger partial charge in [-0.15, -0.1) is 0 Å². The molecule has 0 unspecified atom stereocenters. The summed E-state index contributed by atoms with van der Waals surface area (Å²) in [6, 6.07) is 3.91. The van der Waals surface area contributed by atoms with E-state index in [0.29, 0.717) is 24.7 Å². The molecule has 3 amide bonds. The summed E-state index contributed by atoms with van der Waals surface area (Å²) in [4.78, 5) is 30.9. The summed E-state index contributed by atoms with van der Waals surface area (Å²) in [6.45, 7) is 2.03. The first-order chi connectivity index (χ1) is 12.5. The lowest BCUT2D eigenvalue weighted by molar-refractivity contribution is 0.0579. The van der Waals surface area contributed by atoms with Gasteiger partial charge in [-0.2, -0.15) is 16.4 Å². The molecular formula is C18H23N5O2S. The van der Waals surface area contributed by atoms with Crippen LogP contribution in [-0.4, -0.2) is 76.6 Å². The van der Waals surface area contributed by atoms with Crippen molar-refractivity contribution >= 4 is 23.3 Å². The maximum absolute atomic E-state index is 13.1. The number of nitrogens with zero attached hydrogens (tertiary/aromatic N) is 4. The van der Waals surface area contributed by atoms with E-state index in [1.165, 1.54) is 0 Å². The van der Waals surface area contributed by atoms with E-state index in [0.717, 1.165) is 30.6 Å². The van der Waals surface area contributed by atoms with Crippen molar-refractivity contribution in [1.29, 1.82) is 0 Å². The first-order valence-electron chi connectivity index (χ1n) is 8.88. The van der Waals surface area contributed by atoms with E-state index < -0.39 is 0 Å². The largest absolute Gasteiger partial charge is 0.332 e. The molecule has 2 aromatic rings. The van der Waals surface area contributed by atoms with Gasteiger partial charge in [0.25, 0.3) is 5.91 Å². The number of carbonyl (C=O) groups is 2. The van der Waals surface area contributed by atoms with Gasteiger partial charge in [0.1, 0.15) is 5.69 Å². The minimum atomic E-state index is -0.0205. The van der Waals surface area contributed by atoms with Crippen LogP contribution in [0.1, 0.15) is 23.3 Å². The monoisotopic (exact) mass is 373 g/mol. The zero-order valence-electron chi connectivity index (χ0n) is 15.0. The van der Waals surface area contributed by atoms with Crippen molar-refractivity contribution in [2.24, 2.45) is 5.92 Å². The Bertz CT molecular complexity index is 800. The van der Waals surface area contributed by atoms with Crippen LogP contribution in [0, 0.1) is 5.92 Å². The topological polar surface area (TPSA) is 72.5 Å². The Balaban J connectivity index is 1.53. The SMILES string of the molecule is CN(C)C(=O)N1C[C@H]2CC[C@@H](C1)N(C(=O)c1cc(-c3ccsc3)n[nH]1)C2. The number of rotatable bonds is 2. The summed E-state index contributed by atoms with van der Waals surface area (Å²) in [5.41, 5.74) is 2.33. The van der Waals surface area contributed by atoms with E-state index >= 15 is 0 Å². The Morgan fingerprint density at radius 2 is 2.12 bits per heavy atom. The molecule has 7 nitrogen and oxygen atoms in total. The maximum Gasteiger partial charge on any atom is 0.319 e. The Labute approximate surface area is 156 Å². The van der Waals surface area contributed by atoms with Gasteiger partial charge in [-0.3, -0.25) is 9.89 Å². The molecule has 0 aromatic carbocycles. The minimum Gasteiger partial charge on any atom is -0.332 e. The molecule has 1 N–H and O–H groups in total. The van der Waals surface area contributed by atoms with Crippen LogP contribution in [0.25, 0.3) is 11.3 Å². The van der Waals surface area contributed by atoms with E-state index in [1.807, 2.05) is 32.7 Å². The van der Waals surface area contributed by atoms with Gasteiger partial charge in [-0.25, -0.2) is 4.79 Å². The van der Waals surface area contributed by atoms with Crippen LogP contribution in [0.15, 0.2) is 22.9 Å². The summed E-state index contributed by atoms with van der Waals surface area (Å²) in [5.74, 6) is 0.314. The van der Waals surface area contributed by atoms with Crippen LogP contribution in [0.5, 0.6) is 0 Å². The lowest BCUT2D eigenvalue weighted by Crippen LogP contribution is -2.48. The van der Waals surface area contributed by atoms with Gasteiger partial charge >= 0.3 is 6.03 Å². The average molecular weight is 373 g/mol. The predicted octanol–water partition coefficient (Wildman–Crippen LogP) is 2.36. The molecule has 8 heteroatoms. The molecule has 3 aliphatic rings. The van der Waals surface area contributed by atoms with E-state index in [1.54, 1.807) is 30.3 Å². The highest BCUT2D eigenvalue weighted by atomic mass is 32.1. The molecular weight excluding hydrogens is 350 g/mol. The number of amides is 3. The second-order valence-electron chi connectivity index (χ2n) is 7.32. The molecule has 3 aliphatic heterocycles. The summed E-state index contributed by atoms with van der Waals surface area (Å²) >= 11 is 1.61. The fourth-order valence-electron chi connectivity index (χ4n) is 3.91. The van der Waals surface area contributed by atoms with Gasteiger partial charge in [0, 0.05) is 50.7 Å². The number of fused-ring (bicyclic) bond motifs is 4. The van der Waals surface area contributed by atoms with E-state index in [2.05, 4.69) is 10.2 Å². The Morgan fingerprint density at radius 3 is 2.85 bits per heavy atom. The predicted molar refractivity (Wildman–Crippen MR) is 100 cm³/mol. The highest BCUT2D eigenvalue weighted by molar-refractivity contribution is 7.08. The van der Waals surface area contributed by atoms with Crippen molar-refractivity contribution in [2.45, 2.75) is 18.9 Å². The summed E-state index contributed by atoms with van der Waals surface area (Å²) < 4.78 is 0. The molecule has 5 heterocycles. The molecule has 0 aliphatic carbocycles. The van der Waals surface area contributed by atoms with Gasteiger partial charge in [0.05, 0.1) is 5.69 Å². The molecule has 26 heavy (non-hydrogen) atoms. The van der Waals surface area contributed by atoms with Crippen LogP contribution in [-0.2, 0) is 0 Å². The molecule has 5 rings (SSSR count). The van der Waals surface area contributed by atoms with Crippen LogP contribution in [0.4, 0.5) is 4.79 Å². The molecule has 138 valence electrons. The number of carbonyl (C=O) groups excluding carboxylic acids is 2. The van der Waals surface area contributed by atoms with Crippen molar-refractivity contribution in [3.8, 4) is 11.3 Å². The Kier molecular flexibility index (Phi) is 4.44. The van der Waals surface area contributed by atoms with Crippen molar-refractivity contribution in [3.63, 3.8) is 0 Å². The second kappa shape index (κ2) is 6.75. The molecule has 2 bridgehead atoms. The number of aromatic nitrogens is 2. The third kappa shape index (κ3) is 3.09. The van der Waals surface area contributed by atoms with Gasteiger partial charge in [0.2, 0.25) is 0 Å². The number of thiophene rings is 1. The second-order valence-corrected chi connectivity index (χ2v) is 8.10. The molecule has 0 spiro atoms. The van der Waals surface area contributed by atoms with Crippen molar-refractivity contribution in [2.75, 3.05) is 33.7 Å². The first kappa shape index (κ1) is 17.1. The molecule has 2 atom stereocenters. The average Bonchev–Trinajstić information content (AvgIpc) is 3.25. The highest BCUT2D eigenvalue weighted by Gasteiger charge is 2.39. The van der Waals surface area contributed by atoms with Gasteiger partial charge in [-0.05, 0) is 36.3 Å². The number of piperidine rings is 1. The third-order valence-electron chi connectivity index (χ3n) is 5.25. The number of aromatic amines is 1. The number of hydrogen-bond acceptors (Lipinski definition) is 4. The summed E-state index contributed by atoms with van der Waals surface area (Å²) in [6.07, 6.45) is 2.01. The molecule has 3 saturated heterocycles. The number of nitrogens with one attached hydrogen (secondary N) is 1. The summed E-state index contributed by atoms with van der Waals surface area (Å²) in [7, 11) is 3.54. The van der Waals surface area contributed by atoms with Gasteiger partial charge < -0.3 is 14.7 Å². The third-order valence-corrected chi connectivity index (χ3v) is 5.94. The normalized spacial score (nSPS) is 22.4. The Hall–Kier alpha value is -2.35. The van der Waals surface area contributed by atoms with Gasteiger partial charge in [-0.1, -0.05) is 0 Å². The maximum atomic E-state index is 13.1. The fraction of sp³-hybridized carbons (Fsp3) is 0.500. The lowest BCUT2D eigenvalue weighted by atomic mass is 9.94. The zero-order chi connectivity index (χ0) is 18.3. The van der Waals surface area contributed by atoms with Crippen LogP contribution in [0.3, 0.4) is 0 Å². The minimum absolute atomic E-state index is 0.0205. The number of urea groups is 1. The van der Waals surface area contributed by atoms with Gasteiger partial charge in [0.15, 0.2) is 0 Å². The smallest absolute Gasteiger partial charge is 0.319 e. The Morgan fingerprint density at radius 1 is 1.27 bits per heavy atom. The van der Waals surface area contributed by atoms with Crippen LogP contribution >= 0.6 is 11.3 Å². The van der Waals surface area contributed by atoms with Crippen molar-refractivity contribution < 1.29 is 9.59 Å². The van der Waals surface area contributed by atoms with E-state index in [4.69, 9.17) is 0 Å². The molecule has 0 saturated carbocycles. The quantitative estimate of drug-likeness (QED) is 0.878. The van der Waals surface area contributed by atoms with E-state index in [9.17, 15) is 9.59 Å². The van der Waals surface area contributed by atoms with Crippen LogP contribution < -0.4 is 0 Å².